The van der Waals surface area contributed by atoms with Crippen molar-refractivity contribution in [3.63, 3.8) is 0 Å². The Morgan fingerprint density at radius 3 is 2.60 bits per heavy atom. The maximum absolute atomic E-state index is 11.7. The molecule has 2 aromatic heterocycles. The van der Waals surface area contributed by atoms with Crippen molar-refractivity contribution >= 4 is 22.8 Å². The molecule has 0 spiro atoms. The standard InChI is InChI=1S/C19H19N3O3/c1-19(2,3)22(18(24)25)13-6-4-5-12(11-13)14-9-10-20-17-15(14)7-8-16(23)21-17/h4-11H,1-3H3,(H,24,25)(H,20,21,23). The molecule has 0 bridgehead atoms. The van der Waals surface area contributed by atoms with Crippen molar-refractivity contribution in [1.29, 1.82) is 0 Å². The summed E-state index contributed by atoms with van der Waals surface area (Å²) < 4.78 is 0. The van der Waals surface area contributed by atoms with Crippen LogP contribution in [0.15, 0.2) is 53.5 Å². The van der Waals surface area contributed by atoms with Gasteiger partial charge in [0.25, 0.3) is 0 Å². The number of hydrogen-bond acceptors (Lipinski definition) is 3. The maximum Gasteiger partial charge on any atom is 0.412 e. The fourth-order valence-corrected chi connectivity index (χ4v) is 2.91. The van der Waals surface area contributed by atoms with E-state index < -0.39 is 11.6 Å². The average Bonchev–Trinajstić information content (AvgIpc) is 2.52. The summed E-state index contributed by atoms with van der Waals surface area (Å²) in [6, 6.07) is 12.4. The number of hydrogen-bond donors (Lipinski definition) is 2. The van der Waals surface area contributed by atoms with Crippen molar-refractivity contribution in [2.75, 3.05) is 4.90 Å². The highest BCUT2D eigenvalue weighted by molar-refractivity contribution is 5.94. The lowest BCUT2D eigenvalue weighted by Gasteiger charge is -2.33. The number of benzene rings is 1. The number of carbonyl (C=O) groups is 1. The van der Waals surface area contributed by atoms with Gasteiger partial charge in [-0.1, -0.05) is 12.1 Å². The van der Waals surface area contributed by atoms with Gasteiger partial charge in [-0.2, -0.15) is 0 Å². The molecule has 0 aliphatic carbocycles. The first-order valence-electron chi connectivity index (χ1n) is 7.89. The van der Waals surface area contributed by atoms with E-state index in [4.69, 9.17) is 0 Å². The highest BCUT2D eigenvalue weighted by atomic mass is 16.4. The Morgan fingerprint density at radius 1 is 1.16 bits per heavy atom. The van der Waals surface area contributed by atoms with Crippen LogP contribution >= 0.6 is 0 Å². The minimum absolute atomic E-state index is 0.212. The molecule has 25 heavy (non-hydrogen) atoms. The summed E-state index contributed by atoms with van der Waals surface area (Å²) in [6.07, 6.45) is 0.618. The van der Waals surface area contributed by atoms with Gasteiger partial charge >= 0.3 is 6.09 Å². The van der Waals surface area contributed by atoms with E-state index in [-0.39, 0.29) is 5.56 Å². The summed E-state index contributed by atoms with van der Waals surface area (Å²) in [5, 5.41) is 10.4. The lowest BCUT2D eigenvalue weighted by atomic mass is 10.0. The van der Waals surface area contributed by atoms with E-state index in [0.717, 1.165) is 16.5 Å². The van der Waals surface area contributed by atoms with Crippen LogP contribution in [0.2, 0.25) is 0 Å². The summed E-state index contributed by atoms with van der Waals surface area (Å²) in [7, 11) is 0. The molecule has 128 valence electrons. The molecule has 0 fully saturated rings. The lowest BCUT2D eigenvalue weighted by molar-refractivity contribution is 0.195. The molecule has 2 heterocycles. The Balaban J connectivity index is 2.18. The van der Waals surface area contributed by atoms with Gasteiger partial charge in [0.2, 0.25) is 5.56 Å². The first kappa shape index (κ1) is 16.7. The molecule has 3 rings (SSSR count). The fourth-order valence-electron chi connectivity index (χ4n) is 2.91. The number of aromatic nitrogens is 2. The first-order chi connectivity index (χ1) is 11.8. The van der Waals surface area contributed by atoms with Crippen molar-refractivity contribution in [3.05, 3.63) is 59.0 Å². The highest BCUT2D eigenvalue weighted by Crippen LogP contribution is 2.31. The Kier molecular flexibility index (Phi) is 4.04. The van der Waals surface area contributed by atoms with Crippen molar-refractivity contribution in [3.8, 4) is 11.1 Å². The van der Waals surface area contributed by atoms with Crippen molar-refractivity contribution in [1.82, 2.24) is 9.97 Å². The molecule has 0 aliphatic rings. The molecule has 0 saturated carbocycles. The number of carboxylic acid groups (broad SMARTS) is 1. The molecule has 0 radical (unpaired) electrons. The fraction of sp³-hybridized carbons (Fsp3) is 0.211. The van der Waals surface area contributed by atoms with Gasteiger partial charge in [-0.05, 0) is 56.2 Å². The van der Waals surface area contributed by atoms with Crippen LogP contribution in [0, 0.1) is 0 Å². The van der Waals surface area contributed by atoms with Gasteiger partial charge in [-0.25, -0.2) is 9.78 Å². The second-order valence-corrected chi connectivity index (χ2v) is 6.78. The quantitative estimate of drug-likeness (QED) is 0.743. The van der Waals surface area contributed by atoms with Crippen LogP contribution in [0.4, 0.5) is 10.5 Å². The molecule has 0 aliphatic heterocycles. The summed E-state index contributed by atoms with van der Waals surface area (Å²) in [4.78, 5) is 31.4. The van der Waals surface area contributed by atoms with E-state index in [1.165, 1.54) is 11.0 Å². The predicted molar refractivity (Wildman–Crippen MR) is 98.1 cm³/mol. The molecule has 0 atom stereocenters. The Morgan fingerprint density at radius 2 is 1.92 bits per heavy atom. The number of anilines is 1. The van der Waals surface area contributed by atoms with E-state index in [0.29, 0.717) is 11.3 Å². The van der Waals surface area contributed by atoms with Gasteiger partial charge in [0.05, 0.1) is 0 Å². The van der Waals surface area contributed by atoms with E-state index in [1.807, 2.05) is 45.0 Å². The molecular weight excluding hydrogens is 318 g/mol. The number of aromatic amines is 1. The van der Waals surface area contributed by atoms with E-state index in [2.05, 4.69) is 9.97 Å². The zero-order valence-corrected chi connectivity index (χ0v) is 14.3. The molecule has 0 saturated heterocycles. The monoisotopic (exact) mass is 337 g/mol. The number of nitrogens with one attached hydrogen (secondary N) is 1. The van der Waals surface area contributed by atoms with Crippen LogP contribution in [-0.2, 0) is 0 Å². The van der Waals surface area contributed by atoms with E-state index in [1.54, 1.807) is 18.3 Å². The zero-order chi connectivity index (χ0) is 18.2. The van der Waals surface area contributed by atoms with Gasteiger partial charge in [0.15, 0.2) is 0 Å². The number of rotatable bonds is 2. The van der Waals surface area contributed by atoms with Crippen molar-refractivity contribution in [2.45, 2.75) is 26.3 Å². The minimum atomic E-state index is -1.01. The van der Waals surface area contributed by atoms with Crippen LogP contribution < -0.4 is 10.5 Å². The molecule has 1 amide bonds. The lowest BCUT2D eigenvalue weighted by Crippen LogP contribution is -2.45. The maximum atomic E-state index is 11.7. The molecular formula is C19H19N3O3. The second kappa shape index (κ2) is 6.05. The molecule has 3 aromatic rings. The number of pyridine rings is 2. The van der Waals surface area contributed by atoms with Crippen LogP contribution in [0.1, 0.15) is 20.8 Å². The normalized spacial score (nSPS) is 11.5. The first-order valence-corrected chi connectivity index (χ1v) is 7.89. The molecule has 2 N–H and O–H groups in total. The summed E-state index contributed by atoms with van der Waals surface area (Å²) >= 11 is 0. The molecule has 1 aromatic carbocycles. The van der Waals surface area contributed by atoms with E-state index >= 15 is 0 Å². The third-order valence-corrected chi connectivity index (χ3v) is 3.91. The van der Waals surface area contributed by atoms with Crippen molar-refractivity contribution < 1.29 is 9.90 Å². The van der Waals surface area contributed by atoms with Crippen LogP contribution in [0.3, 0.4) is 0 Å². The summed E-state index contributed by atoms with van der Waals surface area (Å²) in [5.74, 6) is 0. The number of H-pyrrole nitrogens is 1. The van der Waals surface area contributed by atoms with Crippen molar-refractivity contribution in [2.24, 2.45) is 0 Å². The topological polar surface area (TPSA) is 86.3 Å². The van der Waals surface area contributed by atoms with Crippen LogP contribution in [0.5, 0.6) is 0 Å². The van der Waals surface area contributed by atoms with Gasteiger partial charge in [-0.15, -0.1) is 0 Å². The minimum Gasteiger partial charge on any atom is -0.465 e. The Bertz CT molecular complexity index is 1000. The predicted octanol–water partition coefficient (Wildman–Crippen LogP) is 3.87. The Labute approximate surface area is 144 Å². The average molecular weight is 337 g/mol. The van der Waals surface area contributed by atoms with Gasteiger partial charge < -0.3 is 10.1 Å². The highest BCUT2D eigenvalue weighted by Gasteiger charge is 2.28. The van der Waals surface area contributed by atoms with Gasteiger partial charge in [-0.3, -0.25) is 9.69 Å². The summed E-state index contributed by atoms with van der Waals surface area (Å²) in [5.41, 5.74) is 2.04. The number of nitrogens with zero attached hydrogens (tertiary/aromatic N) is 2. The van der Waals surface area contributed by atoms with Crippen LogP contribution in [-0.4, -0.2) is 26.7 Å². The SMILES string of the molecule is CC(C)(C)N(C(=O)O)c1cccc(-c2ccnc3[nH]c(=O)ccc23)c1. The third kappa shape index (κ3) is 3.24. The molecule has 0 unspecified atom stereocenters. The smallest absolute Gasteiger partial charge is 0.412 e. The van der Waals surface area contributed by atoms with Gasteiger partial charge in [0.1, 0.15) is 5.65 Å². The third-order valence-electron chi connectivity index (χ3n) is 3.91. The Hall–Kier alpha value is -3.15. The molecule has 6 heteroatoms. The number of amides is 1. The molecule has 6 nitrogen and oxygen atoms in total. The summed E-state index contributed by atoms with van der Waals surface area (Å²) in [6.45, 7) is 5.54. The van der Waals surface area contributed by atoms with Gasteiger partial charge in [0, 0.05) is 28.9 Å². The largest absolute Gasteiger partial charge is 0.465 e. The number of fused-ring (bicyclic) bond motifs is 1. The zero-order valence-electron chi connectivity index (χ0n) is 14.3. The van der Waals surface area contributed by atoms with E-state index in [9.17, 15) is 14.7 Å². The van der Waals surface area contributed by atoms with Crippen LogP contribution in [0.25, 0.3) is 22.2 Å². The second-order valence-electron chi connectivity index (χ2n) is 6.78.